The molecule has 3 atom stereocenters. The van der Waals surface area contributed by atoms with E-state index >= 15 is 0 Å². The molecule has 3 aromatic rings. The standard InChI is InChI=1S/C29H33N3O4S2/c1-19-9-7-8-12-21(19)16-30-27(35)25-29(2,3)38-18-32(25)28(36)24(33)23(15-20-10-5-4-6-11-20)31-26(34)22-13-14-37-17-22/h4-14,17,23-25,33H,15-16,18H2,1-3H3,(H,30,35)(H,31,34)/t23-,24-,25+/m0/s1. The van der Waals surface area contributed by atoms with Crippen molar-refractivity contribution in [2.45, 2.75) is 56.7 Å². The maximum Gasteiger partial charge on any atom is 0.254 e. The Kier molecular flexibility index (Phi) is 8.91. The topological polar surface area (TPSA) is 98.7 Å². The lowest BCUT2D eigenvalue weighted by molar-refractivity contribution is -0.147. The predicted molar refractivity (Wildman–Crippen MR) is 152 cm³/mol. The van der Waals surface area contributed by atoms with Gasteiger partial charge in [0.25, 0.3) is 11.8 Å². The van der Waals surface area contributed by atoms with E-state index in [1.54, 1.807) is 16.8 Å². The molecule has 9 heteroatoms. The molecule has 38 heavy (non-hydrogen) atoms. The van der Waals surface area contributed by atoms with Crippen LogP contribution in [0.4, 0.5) is 0 Å². The van der Waals surface area contributed by atoms with Crippen LogP contribution in [-0.4, -0.2) is 56.5 Å². The number of carbonyl (C=O) groups is 3. The van der Waals surface area contributed by atoms with Gasteiger partial charge in [-0.3, -0.25) is 14.4 Å². The third-order valence-corrected chi connectivity index (χ3v) is 8.88. The van der Waals surface area contributed by atoms with Gasteiger partial charge in [-0.2, -0.15) is 11.3 Å². The van der Waals surface area contributed by atoms with E-state index in [0.717, 1.165) is 16.7 Å². The van der Waals surface area contributed by atoms with Crippen molar-refractivity contribution in [1.82, 2.24) is 15.5 Å². The summed E-state index contributed by atoms with van der Waals surface area (Å²) in [4.78, 5) is 41.4. The molecule has 2 heterocycles. The van der Waals surface area contributed by atoms with E-state index in [1.807, 2.05) is 75.4 Å². The van der Waals surface area contributed by atoms with Crippen LogP contribution < -0.4 is 10.6 Å². The number of aliphatic hydroxyl groups excluding tert-OH is 1. The number of amides is 3. The number of carbonyl (C=O) groups excluding carboxylic acids is 3. The molecule has 0 aliphatic carbocycles. The highest BCUT2D eigenvalue weighted by Crippen LogP contribution is 2.40. The van der Waals surface area contributed by atoms with Crippen LogP contribution in [0.3, 0.4) is 0 Å². The highest BCUT2D eigenvalue weighted by atomic mass is 32.2. The van der Waals surface area contributed by atoms with Crippen LogP contribution in [-0.2, 0) is 22.6 Å². The van der Waals surface area contributed by atoms with Gasteiger partial charge in [0.1, 0.15) is 6.04 Å². The molecule has 1 aliphatic rings. The van der Waals surface area contributed by atoms with E-state index in [1.165, 1.54) is 28.0 Å². The lowest BCUT2D eigenvalue weighted by Crippen LogP contribution is -2.58. The van der Waals surface area contributed by atoms with Crippen LogP contribution in [0.2, 0.25) is 0 Å². The molecule has 0 bridgehead atoms. The van der Waals surface area contributed by atoms with E-state index in [0.29, 0.717) is 12.1 Å². The first kappa shape index (κ1) is 27.9. The number of hydrogen-bond donors (Lipinski definition) is 3. The summed E-state index contributed by atoms with van der Waals surface area (Å²) < 4.78 is -0.556. The van der Waals surface area contributed by atoms with Gasteiger partial charge in [0.15, 0.2) is 6.10 Å². The fourth-order valence-corrected chi connectivity index (χ4v) is 6.37. The minimum absolute atomic E-state index is 0.262. The highest BCUT2D eigenvalue weighted by molar-refractivity contribution is 8.00. The Hall–Kier alpha value is -3.14. The van der Waals surface area contributed by atoms with Gasteiger partial charge in [0.2, 0.25) is 5.91 Å². The Morgan fingerprint density at radius 2 is 1.79 bits per heavy atom. The zero-order valence-electron chi connectivity index (χ0n) is 21.7. The summed E-state index contributed by atoms with van der Waals surface area (Å²) in [6, 6.07) is 17.3. The van der Waals surface area contributed by atoms with Gasteiger partial charge in [-0.1, -0.05) is 54.6 Å². The molecular formula is C29H33N3O4S2. The molecule has 3 N–H and O–H groups in total. The van der Waals surface area contributed by atoms with Crippen molar-refractivity contribution in [2.24, 2.45) is 0 Å². The molecule has 1 aliphatic heterocycles. The molecule has 200 valence electrons. The van der Waals surface area contributed by atoms with Crippen molar-refractivity contribution in [3.05, 3.63) is 93.7 Å². The van der Waals surface area contributed by atoms with E-state index < -0.39 is 28.8 Å². The number of thioether (sulfide) groups is 1. The first-order chi connectivity index (χ1) is 18.2. The van der Waals surface area contributed by atoms with Crippen molar-refractivity contribution in [3.63, 3.8) is 0 Å². The maximum absolute atomic E-state index is 13.7. The van der Waals surface area contributed by atoms with Crippen LogP contribution in [0.25, 0.3) is 0 Å². The monoisotopic (exact) mass is 551 g/mol. The van der Waals surface area contributed by atoms with Gasteiger partial charge in [-0.05, 0) is 55.3 Å². The summed E-state index contributed by atoms with van der Waals surface area (Å²) in [5.74, 6) is -0.943. The van der Waals surface area contributed by atoms with Crippen LogP contribution in [0.15, 0.2) is 71.4 Å². The summed E-state index contributed by atoms with van der Waals surface area (Å²) in [6.07, 6.45) is -1.27. The second-order valence-electron chi connectivity index (χ2n) is 9.96. The van der Waals surface area contributed by atoms with Gasteiger partial charge in [0.05, 0.1) is 11.9 Å². The average Bonchev–Trinajstić information content (AvgIpc) is 3.55. The van der Waals surface area contributed by atoms with E-state index in [-0.39, 0.29) is 24.1 Å². The second kappa shape index (κ2) is 12.1. The van der Waals surface area contributed by atoms with Gasteiger partial charge < -0.3 is 20.6 Å². The fourth-order valence-electron chi connectivity index (χ4n) is 4.60. The minimum Gasteiger partial charge on any atom is -0.381 e. The van der Waals surface area contributed by atoms with Crippen LogP contribution in [0, 0.1) is 6.92 Å². The van der Waals surface area contributed by atoms with Gasteiger partial charge >= 0.3 is 0 Å². The molecule has 1 saturated heterocycles. The second-order valence-corrected chi connectivity index (χ2v) is 12.3. The molecular weight excluding hydrogens is 518 g/mol. The van der Waals surface area contributed by atoms with Gasteiger partial charge in [-0.15, -0.1) is 11.8 Å². The Morgan fingerprint density at radius 1 is 1.08 bits per heavy atom. The Morgan fingerprint density at radius 3 is 2.47 bits per heavy atom. The number of thiophene rings is 1. The lowest BCUT2D eigenvalue weighted by Gasteiger charge is -2.33. The van der Waals surface area contributed by atoms with Crippen molar-refractivity contribution < 1.29 is 19.5 Å². The van der Waals surface area contributed by atoms with Crippen molar-refractivity contribution in [3.8, 4) is 0 Å². The normalized spacial score (nSPS) is 18.0. The molecule has 0 radical (unpaired) electrons. The summed E-state index contributed by atoms with van der Waals surface area (Å²) in [6.45, 7) is 6.19. The van der Waals surface area contributed by atoms with Crippen LogP contribution >= 0.6 is 23.1 Å². The molecule has 4 rings (SSSR count). The maximum atomic E-state index is 13.7. The van der Waals surface area contributed by atoms with Gasteiger partial charge in [-0.25, -0.2) is 0 Å². The molecule has 1 fully saturated rings. The molecule has 2 aromatic carbocycles. The van der Waals surface area contributed by atoms with Crippen molar-refractivity contribution in [1.29, 1.82) is 0 Å². The third-order valence-electron chi connectivity index (χ3n) is 6.82. The Bertz CT molecular complexity index is 1260. The Labute approximate surface area is 231 Å². The summed E-state index contributed by atoms with van der Waals surface area (Å²) in [5, 5.41) is 20.7. The third kappa shape index (κ3) is 6.46. The number of nitrogens with one attached hydrogen (secondary N) is 2. The summed E-state index contributed by atoms with van der Waals surface area (Å²) in [7, 11) is 0. The number of aliphatic hydroxyl groups is 1. The number of benzene rings is 2. The Balaban J connectivity index is 1.52. The lowest BCUT2D eigenvalue weighted by atomic mass is 9.97. The van der Waals surface area contributed by atoms with Crippen molar-refractivity contribution in [2.75, 3.05) is 5.88 Å². The highest BCUT2D eigenvalue weighted by Gasteiger charge is 2.49. The van der Waals surface area contributed by atoms with E-state index in [9.17, 15) is 19.5 Å². The smallest absolute Gasteiger partial charge is 0.254 e. The summed E-state index contributed by atoms with van der Waals surface area (Å²) >= 11 is 2.88. The van der Waals surface area contributed by atoms with Gasteiger partial charge in [0, 0.05) is 22.2 Å². The minimum atomic E-state index is -1.53. The molecule has 7 nitrogen and oxygen atoms in total. The SMILES string of the molecule is Cc1ccccc1CNC(=O)[C@H]1N(C(=O)[C@@H](O)[C@H](Cc2ccccc2)NC(=O)c2ccsc2)CSC1(C)C. The van der Waals surface area contributed by atoms with Crippen molar-refractivity contribution >= 4 is 40.8 Å². The number of hydrogen-bond acceptors (Lipinski definition) is 6. The quantitative estimate of drug-likeness (QED) is 0.376. The number of nitrogens with zero attached hydrogens (tertiary/aromatic N) is 1. The first-order valence-electron chi connectivity index (χ1n) is 12.5. The first-order valence-corrected chi connectivity index (χ1v) is 14.4. The average molecular weight is 552 g/mol. The molecule has 1 aromatic heterocycles. The summed E-state index contributed by atoms with van der Waals surface area (Å²) in [5.41, 5.74) is 3.42. The number of rotatable bonds is 9. The zero-order chi connectivity index (χ0) is 27.3. The molecule has 0 unspecified atom stereocenters. The molecule has 3 amide bonds. The predicted octanol–water partition coefficient (Wildman–Crippen LogP) is 3.76. The van der Waals surface area contributed by atoms with Crippen LogP contribution in [0.1, 0.15) is 40.9 Å². The fraction of sp³-hybridized carbons (Fsp3) is 0.345. The number of aryl methyl sites for hydroxylation is 1. The molecule has 0 spiro atoms. The van der Waals surface area contributed by atoms with E-state index in [4.69, 9.17) is 0 Å². The van der Waals surface area contributed by atoms with Crippen LogP contribution in [0.5, 0.6) is 0 Å². The largest absolute Gasteiger partial charge is 0.381 e. The molecule has 0 saturated carbocycles. The zero-order valence-corrected chi connectivity index (χ0v) is 23.4. The van der Waals surface area contributed by atoms with E-state index in [2.05, 4.69) is 10.6 Å².